The van der Waals surface area contributed by atoms with Crippen LogP contribution in [0.15, 0.2) is 30.6 Å². The van der Waals surface area contributed by atoms with Gasteiger partial charge in [-0.1, -0.05) is 6.07 Å². The predicted octanol–water partition coefficient (Wildman–Crippen LogP) is 2.03. The summed E-state index contributed by atoms with van der Waals surface area (Å²) in [5, 5.41) is 2.33. The van der Waals surface area contributed by atoms with Gasteiger partial charge in [-0.2, -0.15) is 0 Å². The first-order chi connectivity index (χ1) is 10.5. The lowest BCUT2D eigenvalue weighted by atomic mass is 10.2. The second-order valence-electron chi connectivity index (χ2n) is 4.65. The number of ether oxygens (including phenoxy) is 1. The van der Waals surface area contributed by atoms with Crippen LogP contribution in [0.5, 0.6) is 0 Å². The maximum absolute atomic E-state index is 13.6. The van der Waals surface area contributed by atoms with Crippen LogP contribution in [0.4, 0.5) is 10.1 Å². The standard InChI is InChI=1S/C15H14FN3O3/c1-9-3-4-12(11(16)5-9)19-14(20)8-22-15(21)13-7-17-10(2)6-18-13/h3-7H,8H2,1-2H3,(H,19,20). The molecular weight excluding hydrogens is 289 g/mol. The van der Waals surface area contributed by atoms with Gasteiger partial charge in [-0.25, -0.2) is 14.2 Å². The minimum atomic E-state index is -0.771. The molecule has 1 aromatic heterocycles. The summed E-state index contributed by atoms with van der Waals surface area (Å²) in [5.41, 5.74) is 1.42. The Balaban J connectivity index is 1.89. The van der Waals surface area contributed by atoms with Crippen LogP contribution in [-0.2, 0) is 9.53 Å². The van der Waals surface area contributed by atoms with Crippen molar-refractivity contribution < 1.29 is 18.7 Å². The lowest BCUT2D eigenvalue weighted by Crippen LogP contribution is -2.22. The number of anilines is 1. The van der Waals surface area contributed by atoms with Crippen molar-refractivity contribution in [2.24, 2.45) is 0 Å². The predicted molar refractivity (Wildman–Crippen MR) is 76.8 cm³/mol. The van der Waals surface area contributed by atoms with E-state index in [1.807, 2.05) is 0 Å². The third-order valence-electron chi connectivity index (χ3n) is 2.72. The number of halogens is 1. The van der Waals surface area contributed by atoms with Gasteiger partial charge in [-0.05, 0) is 31.5 Å². The van der Waals surface area contributed by atoms with E-state index >= 15 is 0 Å². The zero-order valence-corrected chi connectivity index (χ0v) is 12.1. The molecule has 0 radical (unpaired) electrons. The number of amides is 1. The zero-order valence-electron chi connectivity index (χ0n) is 12.1. The van der Waals surface area contributed by atoms with Crippen LogP contribution in [0, 0.1) is 19.7 Å². The molecule has 2 rings (SSSR count). The van der Waals surface area contributed by atoms with E-state index < -0.39 is 24.3 Å². The molecule has 22 heavy (non-hydrogen) atoms. The molecule has 1 aromatic carbocycles. The summed E-state index contributed by atoms with van der Waals surface area (Å²) in [7, 11) is 0. The van der Waals surface area contributed by atoms with E-state index in [4.69, 9.17) is 4.74 Å². The lowest BCUT2D eigenvalue weighted by Gasteiger charge is -2.07. The quantitative estimate of drug-likeness (QED) is 0.874. The summed E-state index contributed by atoms with van der Waals surface area (Å²) < 4.78 is 18.4. The molecule has 0 atom stereocenters. The number of benzene rings is 1. The highest BCUT2D eigenvalue weighted by Crippen LogP contribution is 2.15. The number of aromatic nitrogens is 2. The molecule has 0 aliphatic rings. The summed E-state index contributed by atoms with van der Waals surface area (Å²) in [4.78, 5) is 31.0. The normalized spacial score (nSPS) is 10.1. The van der Waals surface area contributed by atoms with Crippen LogP contribution in [0.25, 0.3) is 0 Å². The second kappa shape index (κ2) is 6.75. The van der Waals surface area contributed by atoms with E-state index in [9.17, 15) is 14.0 Å². The number of rotatable bonds is 4. The van der Waals surface area contributed by atoms with E-state index in [-0.39, 0.29) is 11.4 Å². The van der Waals surface area contributed by atoms with E-state index in [2.05, 4.69) is 15.3 Å². The van der Waals surface area contributed by atoms with Crippen molar-refractivity contribution in [3.05, 3.63) is 53.4 Å². The summed E-state index contributed by atoms with van der Waals surface area (Å²) in [6, 6.07) is 4.39. The third kappa shape index (κ3) is 4.08. The van der Waals surface area contributed by atoms with Crippen molar-refractivity contribution in [1.29, 1.82) is 0 Å². The van der Waals surface area contributed by atoms with Gasteiger partial charge in [0.1, 0.15) is 5.82 Å². The summed E-state index contributed by atoms with van der Waals surface area (Å²) in [5.74, 6) is -1.97. The van der Waals surface area contributed by atoms with Gasteiger partial charge in [0.2, 0.25) is 0 Å². The summed E-state index contributed by atoms with van der Waals surface area (Å²) in [6.45, 7) is 2.92. The first-order valence-electron chi connectivity index (χ1n) is 6.47. The maximum atomic E-state index is 13.6. The second-order valence-corrected chi connectivity index (χ2v) is 4.65. The smallest absolute Gasteiger partial charge is 0.359 e. The van der Waals surface area contributed by atoms with Crippen LogP contribution in [0.2, 0.25) is 0 Å². The minimum absolute atomic E-state index is 0.0000774. The molecule has 2 aromatic rings. The monoisotopic (exact) mass is 303 g/mol. The minimum Gasteiger partial charge on any atom is -0.451 e. The average molecular weight is 303 g/mol. The zero-order chi connectivity index (χ0) is 16.1. The molecule has 0 bridgehead atoms. The highest BCUT2D eigenvalue weighted by atomic mass is 19.1. The number of aryl methyl sites for hydroxylation is 2. The number of nitrogens with one attached hydrogen (secondary N) is 1. The van der Waals surface area contributed by atoms with Gasteiger partial charge >= 0.3 is 5.97 Å². The average Bonchev–Trinajstić information content (AvgIpc) is 2.48. The first-order valence-corrected chi connectivity index (χ1v) is 6.47. The SMILES string of the molecule is Cc1ccc(NC(=O)COC(=O)c2cnc(C)cn2)c(F)c1. The highest BCUT2D eigenvalue weighted by molar-refractivity contribution is 5.94. The van der Waals surface area contributed by atoms with E-state index in [1.54, 1.807) is 19.9 Å². The van der Waals surface area contributed by atoms with Gasteiger partial charge in [0.05, 0.1) is 17.6 Å². The molecule has 1 N–H and O–H groups in total. The Kier molecular flexibility index (Phi) is 4.77. The van der Waals surface area contributed by atoms with Crippen molar-refractivity contribution in [3.8, 4) is 0 Å². The molecule has 1 heterocycles. The molecule has 114 valence electrons. The fraction of sp³-hybridized carbons (Fsp3) is 0.200. The Morgan fingerprint density at radius 1 is 1.23 bits per heavy atom. The third-order valence-corrected chi connectivity index (χ3v) is 2.72. The Morgan fingerprint density at radius 2 is 2.00 bits per heavy atom. The van der Waals surface area contributed by atoms with Gasteiger partial charge in [0.15, 0.2) is 12.3 Å². The number of nitrogens with zero attached hydrogens (tertiary/aromatic N) is 2. The number of carbonyl (C=O) groups is 2. The molecule has 0 saturated carbocycles. The van der Waals surface area contributed by atoms with Crippen molar-refractivity contribution in [3.63, 3.8) is 0 Å². The van der Waals surface area contributed by atoms with Crippen LogP contribution >= 0.6 is 0 Å². The maximum Gasteiger partial charge on any atom is 0.359 e. The summed E-state index contributed by atoms with van der Waals surface area (Å²) >= 11 is 0. The van der Waals surface area contributed by atoms with Crippen LogP contribution in [-0.4, -0.2) is 28.5 Å². The molecular formula is C15H14FN3O3. The Bertz CT molecular complexity index is 702. The van der Waals surface area contributed by atoms with Crippen molar-refractivity contribution >= 4 is 17.6 Å². The first kappa shape index (κ1) is 15.6. The lowest BCUT2D eigenvalue weighted by molar-refractivity contribution is -0.119. The van der Waals surface area contributed by atoms with Crippen molar-refractivity contribution in [2.75, 3.05) is 11.9 Å². The number of hydrogen-bond donors (Lipinski definition) is 1. The van der Waals surface area contributed by atoms with Crippen LogP contribution in [0.1, 0.15) is 21.7 Å². The van der Waals surface area contributed by atoms with Gasteiger partial charge in [-0.3, -0.25) is 9.78 Å². The molecule has 0 saturated heterocycles. The topological polar surface area (TPSA) is 81.2 Å². The van der Waals surface area contributed by atoms with Gasteiger partial charge < -0.3 is 10.1 Å². The van der Waals surface area contributed by atoms with Gasteiger partial charge in [0.25, 0.3) is 5.91 Å². The molecule has 0 fully saturated rings. The van der Waals surface area contributed by atoms with Gasteiger partial charge in [0, 0.05) is 6.20 Å². The Labute approximate surface area is 126 Å². The van der Waals surface area contributed by atoms with E-state index in [0.29, 0.717) is 5.69 Å². The molecule has 0 spiro atoms. The Morgan fingerprint density at radius 3 is 2.64 bits per heavy atom. The fourth-order valence-corrected chi connectivity index (χ4v) is 1.61. The fourth-order valence-electron chi connectivity index (χ4n) is 1.61. The Hall–Kier alpha value is -2.83. The summed E-state index contributed by atoms with van der Waals surface area (Å²) in [6.07, 6.45) is 2.67. The van der Waals surface area contributed by atoms with Crippen LogP contribution in [0.3, 0.4) is 0 Å². The number of carbonyl (C=O) groups excluding carboxylic acids is 2. The number of esters is 1. The number of hydrogen-bond acceptors (Lipinski definition) is 5. The molecule has 7 heteroatoms. The molecule has 1 amide bonds. The van der Waals surface area contributed by atoms with Crippen LogP contribution < -0.4 is 5.32 Å². The van der Waals surface area contributed by atoms with Crippen molar-refractivity contribution in [2.45, 2.75) is 13.8 Å². The largest absolute Gasteiger partial charge is 0.451 e. The van der Waals surface area contributed by atoms with E-state index in [1.165, 1.54) is 24.5 Å². The molecule has 6 nitrogen and oxygen atoms in total. The van der Waals surface area contributed by atoms with Crippen molar-refractivity contribution in [1.82, 2.24) is 9.97 Å². The molecule has 0 unspecified atom stereocenters. The molecule has 0 aliphatic carbocycles. The van der Waals surface area contributed by atoms with E-state index in [0.717, 1.165) is 5.56 Å². The molecule has 0 aliphatic heterocycles. The van der Waals surface area contributed by atoms with Gasteiger partial charge in [-0.15, -0.1) is 0 Å². The highest BCUT2D eigenvalue weighted by Gasteiger charge is 2.13.